The lowest BCUT2D eigenvalue weighted by atomic mass is 10.1. The Hall–Kier alpha value is -1.89. The molecule has 17 heavy (non-hydrogen) atoms. The lowest BCUT2D eigenvalue weighted by Crippen LogP contribution is -1.77. The molecule has 0 unspecified atom stereocenters. The Bertz CT molecular complexity index is 448. The molecule has 0 heterocycles. The van der Waals surface area contributed by atoms with Gasteiger partial charge in [0.2, 0.25) is 0 Å². The zero-order valence-corrected chi connectivity index (χ0v) is 10.6. The van der Waals surface area contributed by atoms with Crippen LogP contribution in [0.4, 0.5) is 0 Å². The van der Waals surface area contributed by atoms with Gasteiger partial charge in [-0.2, -0.15) is 0 Å². The van der Waals surface area contributed by atoms with Crippen molar-refractivity contribution >= 4 is 6.29 Å². The summed E-state index contributed by atoms with van der Waals surface area (Å²) in [6, 6.07) is 15.8. The molecule has 0 aliphatic rings. The second kappa shape index (κ2) is 6.64. The van der Waals surface area contributed by atoms with Crippen molar-refractivity contribution in [1.29, 1.82) is 0 Å². The van der Waals surface area contributed by atoms with Crippen LogP contribution in [0.1, 0.15) is 27.0 Å². The van der Waals surface area contributed by atoms with Gasteiger partial charge in [-0.25, -0.2) is 0 Å². The molecule has 0 N–H and O–H groups in total. The average Bonchev–Trinajstić information content (AvgIpc) is 2.35. The van der Waals surface area contributed by atoms with Gasteiger partial charge in [-0.3, -0.25) is 4.79 Å². The Morgan fingerprint density at radius 1 is 0.765 bits per heavy atom. The van der Waals surface area contributed by atoms with E-state index in [0.29, 0.717) is 0 Å². The van der Waals surface area contributed by atoms with E-state index in [4.69, 9.17) is 0 Å². The maximum absolute atomic E-state index is 10.1. The number of aryl methyl sites for hydroxylation is 3. The highest BCUT2D eigenvalue weighted by molar-refractivity contribution is 5.74. The molecule has 0 bridgehead atoms. The minimum Gasteiger partial charge on any atom is -0.298 e. The molecule has 0 fully saturated rings. The van der Waals surface area contributed by atoms with Crippen LogP contribution in [0, 0.1) is 20.8 Å². The molecule has 0 saturated carbocycles. The van der Waals surface area contributed by atoms with E-state index >= 15 is 0 Å². The summed E-state index contributed by atoms with van der Waals surface area (Å²) in [5, 5.41) is 0. The van der Waals surface area contributed by atoms with Crippen molar-refractivity contribution in [2.75, 3.05) is 0 Å². The van der Waals surface area contributed by atoms with Gasteiger partial charge in [-0.1, -0.05) is 54.1 Å². The molecule has 2 aromatic carbocycles. The van der Waals surface area contributed by atoms with Crippen molar-refractivity contribution in [3.63, 3.8) is 0 Å². The standard InChI is InChI=1S/C8H8O.C8H10/c1-7-2-4-8(6-9)5-3-7;1-7-5-3-4-6-8(7)2/h2-6H,1H3;3-6H,1-2H3. The first kappa shape index (κ1) is 13.2. The van der Waals surface area contributed by atoms with Crippen LogP contribution in [0.15, 0.2) is 48.5 Å². The van der Waals surface area contributed by atoms with Crippen molar-refractivity contribution in [3.05, 3.63) is 70.8 Å². The number of hydrogen-bond acceptors (Lipinski definition) is 1. The van der Waals surface area contributed by atoms with E-state index < -0.39 is 0 Å². The molecule has 0 aliphatic heterocycles. The smallest absolute Gasteiger partial charge is 0.150 e. The van der Waals surface area contributed by atoms with E-state index in [2.05, 4.69) is 38.1 Å². The molecule has 1 nitrogen and oxygen atoms in total. The SMILES string of the molecule is Cc1ccc(C=O)cc1.Cc1ccccc1C. The highest BCUT2D eigenvalue weighted by Gasteiger charge is 1.85. The van der Waals surface area contributed by atoms with E-state index in [0.717, 1.165) is 11.8 Å². The number of rotatable bonds is 1. The van der Waals surface area contributed by atoms with Gasteiger partial charge in [0, 0.05) is 5.56 Å². The monoisotopic (exact) mass is 226 g/mol. The molecule has 0 spiro atoms. The van der Waals surface area contributed by atoms with Crippen molar-refractivity contribution in [2.45, 2.75) is 20.8 Å². The Morgan fingerprint density at radius 2 is 1.24 bits per heavy atom. The Labute approximate surface area is 103 Å². The molecular weight excluding hydrogens is 208 g/mol. The Morgan fingerprint density at radius 3 is 1.59 bits per heavy atom. The van der Waals surface area contributed by atoms with Crippen molar-refractivity contribution in [2.24, 2.45) is 0 Å². The molecule has 0 atom stereocenters. The summed E-state index contributed by atoms with van der Waals surface area (Å²) in [7, 11) is 0. The first-order valence-electron chi connectivity index (χ1n) is 5.67. The van der Waals surface area contributed by atoms with E-state index in [1.54, 1.807) is 0 Å². The van der Waals surface area contributed by atoms with Gasteiger partial charge < -0.3 is 0 Å². The first-order chi connectivity index (χ1) is 8.13. The van der Waals surface area contributed by atoms with Crippen LogP contribution in [0.2, 0.25) is 0 Å². The normalized spacial score (nSPS) is 9.12. The summed E-state index contributed by atoms with van der Waals surface area (Å²) in [4.78, 5) is 10.1. The number of hydrogen-bond donors (Lipinski definition) is 0. The van der Waals surface area contributed by atoms with E-state index in [9.17, 15) is 4.79 Å². The molecule has 0 aliphatic carbocycles. The van der Waals surface area contributed by atoms with Crippen molar-refractivity contribution < 1.29 is 4.79 Å². The van der Waals surface area contributed by atoms with Gasteiger partial charge in [-0.05, 0) is 31.9 Å². The van der Waals surface area contributed by atoms with Gasteiger partial charge >= 0.3 is 0 Å². The molecular formula is C16H18O. The highest BCUT2D eigenvalue weighted by Crippen LogP contribution is 2.02. The fourth-order valence-corrected chi connectivity index (χ4v) is 1.31. The number of carbonyl (C=O) groups is 1. The quantitative estimate of drug-likeness (QED) is 0.669. The van der Waals surface area contributed by atoms with Crippen LogP contribution in [0.25, 0.3) is 0 Å². The van der Waals surface area contributed by atoms with Crippen LogP contribution in [0.3, 0.4) is 0 Å². The summed E-state index contributed by atoms with van der Waals surface area (Å²) in [6.45, 7) is 6.24. The molecule has 2 aromatic rings. The van der Waals surface area contributed by atoms with Gasteiger partial charge in [0.15, 0.2) is 0 Å². The lowest BCUT2D eigenvalue weighted by Gasteiger charge is -1.93. The maximum Gasteiger partial charge on any atom is 0.150 e. The second-order valence-corrected chi connectivity index (χ2v) is 4.11. The third kappa shape index (κ3) is 4.64. The van der Waals surface area contributed by atoms with Crippen molar-refractivity contribution in [3.8, 4) is 0 Å². The molecule has 88 valence electrons. The van der Waals surface area contributed by atoms with Crippen LogP contribution in [0.5, 0.6) is 0 Å². The third-order valence-corrected chi connectivity index (χ3v) is 2.64. The molecule has 0 saturated heterocycles. The number of aldehydes is 1. The van der Waals surface area contributed by atoms with E-state index in [1.807, 2.05) is 31.2 Å². The summed E-state index contributed by atoms with van der Waals surface area (Å²) in [5.74, 6) is 0. The van der Waals surface area contributed by atoms with Crippen LogP contribution in [-0.2, 0) is 0 Å². The zero-order valence-electron chi connectivity index (χ0n) is 10.6. The largest absolute Gasteiger partial charge is 0.298 e. The second-order valence-electron chi connectivity index (χ2n) is 4.11. The average molecular weight is 226 g/mol. The van der Waals surface area contributed by atoms with Gasteiger partial charge in [0.1, 0.15) is 6.29 Å². The molecule has 0 radical (unpaired) electrons. The van der Waals surface area contributed by atoms with Crippen LogP contribution in [-0.4, -0.2) is 6.29 Å². The Balaban J connectivity index is 0.000000171. The molecule has 0 amide bonds. The summed E-state index contributed by atoms with van der Waals surface area (Å²) in [5.41, 5.74) is 4.65. The highest BCUT2D eigenvalue weighted by atomic mass is 16.1. The molecule has 2 rings (SSSR count). The lowest BCUT2D eigenvalue weighted by molar-refractivity contribution is 0.112. The van der Waals surface area contributed by atoms with Crippen LogP contribution >= 0.6 is 0 Å². The van der Waals surface area contributed by atoms with Gasteiger partial charge in [-0.15, -0.1) is 0 Å². The summed E-state index contributed by atoms with van der Waals surface area (Å²) in [6.07, 6.45) is 0.847. The van der Waals surface area contributed by atoms with Gasteiger partial charge in [0.05, 0.1) is 0 Å². The number of benzene rings is 2. The van der Waals surface area contributed by atoms with E-state index in [1.165, 1.54) is 16.7 Å². The predicted octanol–water partition coefficient (Wildman–Crippen LogP) is 4.11. The zero-order chi connectivity index (χ0) is 12.7. The van der Waals surface area contributed by atoms with Crippen molar-refractivity contribution in [1.82, 2.24) is 0 Å². The fourth-order valence-electron chi connectivity index (χ4n) is 1.31. The topological polar surface area (TPSA) is 17.1 Å². The first-order valence-corrected chi connectivity index (χ1v) is 5.67. The summed E-state index contributed by atoms with van der Waals surface area (Å²) >= 11 is 0. The predicted molar refractivity (Wildman–Crippen MR) is 72.5 cm³/mol. The van der Waals surface area contributed by atoms with Crippen LogP contribution < -0.4 is 0 Å². The fraction of sp³-hybridized carbons (Fsp3) is 0.188. The third-order valence-electron chi connectivity index (χ3n) is 2.64. The number of carbonyl (C=O) groups excluding carboxylic acids is 1. The molecule has 1 heteroatoms. The van der Waals surface area contributed by atoms with Gasteiger partial charge in [0.25, 0.3) is 0 Å². The minimum atomic E-state index is 0.737. The summed E-state index contributed by atoms with van der Waals surface area (Å²) < 4.78 is 0. The minimum absolute atomic E-state index is 0.737. The Kier molecular flexibility index (Phi) is 5.15. The molecule has 0 aromatic heterocycles. The van der Waals surface area contributed by atoms with E-state index in [-0.39, 0.29) is 0 Å². The maximum atomic E-state index is 10.1.